The van der Waals surface area contributed by atoms with Gasteiger partial charge < -0.3 is 14.2 Å². The predicted octanol–water partition coefficient (Wildman–Crippen LogP) is 23.7. The Morgan fingerprint density at radius 1 is 0.253 bits per heavy atom. The van der Waals surface area contributed by atoms with Gasteiger partial charge in [-0.1, -0.05) is 301 Å². The second-order valence-corrected chi connectivity index (χ2v) is 22.0. The number of ether oxygens (including phenoxy) is 3. The van der Waals surface area contributed by atoms with Crippen molar-refractivity contribution in [2.24, 2.45) is 0 Å². The summed E-state index contributed by atoms with van der Waals surface area (Å²) in [6, 6.07) is 0. The summed E-state index contributed by atoms with van der Waals surface area (Å²) in [6.45, 7) is 6.37. The van der Waals surface area contributed by atoms with Gasteiger partial charge in [-0.15, -0.1) is 0 Å². The minimum atomic E-state index is -0.824. The van der Waals surface area contributed by atoms with Gasteiger partial charge in [0.15, 0.2) is 6.10 Å². The number of hydrogen-bond donors (Lipinski definition) is 0. The Morgan fingerprint density at radius 3 is 0.759 bits per heavy atom. The van der Waals surface area contributed by atoms with Crippen molar-refractivity contribution in [3.63, 3.8) is 0 Å². The molecule has 0 heterocycles. The Morgan fingerprint density at radius 2 is 0.470 bits per heavy atom. The molecule has 0 aliphatic rings. The normalized spacial score (nSPS) is 13.1. The summed E-state index contributed by atoms with van der Waals surface area (Å²) in [4.78, 5) is 38.4. The van der Waals surface area contributed by atoms with Crippen molar-refractivity contribution in [2.75, 3.05) is 13.2 Å². The van der Waals surface area contributed by atoms with E-state index in [1.54, 1.807) is 0 Å². The molecule has 0 saturated carbocycles. The second-order valence-electron chi connectivity index (χ2n) is 22.0. The summed E-state index contributed by atoms with van der Waals surface area (Å²) in [7, 11) is 0. The van der Waals surface area contributed by atoms with Crippen LogP contribution in [0.25, 0.3) is 0 Å². The van der Waals surface area contributed by atoms with Crippen molar-refractivity contribution < 1.29 is 28.6 Å². The number of carbonyl (C=O) groups is 3. The van der Waals surface area contributed by atoms with E-state index in [1.165, 1.54) is 103 Å². The Hall–Kier alpha value is -4.97. The maximum atomic E-state index is 12.9. The highest BCUT2D eigenvalue weighted by Crippen LogP contribution is 2.16. The van der Waals surface area contributed by atoms with Crippen LogP contribution in [-0.4, -0.2) is 37.2 Å². The molecule has 468 valence electrons. The van der Waals surface area contributed by atoms with Crippen LogP contribution in [0.1, 0.15) is 290 Å². The summed E-state index contributed by atoms with van der Waals surface area (Å²) in [5.74, 6) is -0.985. The molecular formula is C77H124O6. The third-order valence-electron chi connectivity index (χ3n) is 14.0. The van der Waals surface area contributed by atoms with Crippen LogP contribution < -0.4 is 0 Å². The van der Waals surface area contributed by atoms with Crippen LogP contribution in [0.15, 0.2) is 158 Å². The first-order valence-electron chi connectivity index (χ1n) is 34.0. The second kappa shape index (κ2) is 69.5. The monoisotopic (exact) mass is 1140 g/mol. The molecular weight excluding hydrogens is 1020 g/mol. The molecule has 6 heteroatoms. The number of hydrogen-bond acceptors (Lipinski definition) is 6. The zero-order valence-electron chi connectivity index (χ0n) is 53.7. The molecule has 0 saturated heterocycles. The molecule has 1 atom stereocenters. The molecule has 0 bridgehead atoms. The topological polar surface area (TPSA) is 78.9 Å². The third-order valence-corrected chi connectivity index (χ3v) is 14.0. The highest BCUT2D eigenvalue weighted by Gasteiger charge is 2.19. The molecule has 0 N–H and O–H groups in total. The molecule has 83 heavy (non-hydrogen) atoms. The SMILES string of the molecule is CC/C=C\C/C=C\C/C=C\C/C=C\C/C=C\C/C=C\C/C=C\CCCCCC(=O)OCC(COC(=O)CCCCCCCCCCCCCCCCCCCCC)OC(=O)CCCC/C=C\C/C=C\C/C=C\C/C=C\C/C=C\C/C=C\CC. The van der Waals surface area contributed by atoms with Crippen molar-refractivity contribution in [1.29, 1.82) is 0 Å². The Labute approximate surface area is 511 Å². The fourth-order valence-corrected chi connectivity index (χ4v) is 9.01. The van der Waals surface area contributed by atoms with Gasteiger partial charge in [-0.05, 0) is 128 Å². The summed E-state index contributed by atoms with van der Waals surface area (Å²) >= 11 is 0. The molecule has 1 unspecified atom stereocenters. The molecule has 6 nitrogen and oxygen atoms in total. The van der Waals surface area contributed by atoms with Crippen molar-refractivity contribution in [3.8, 4) is 0 Å². The van der Waals surface area contributed by atoms with Gasteiger partial charge >= 0.3 is 17.9 Å². The first kappa shape index (κ1) is 78.0. The van der Waals surface area contributed by atoms with Gasteiger partial charge in [0.2, 0.25) is 0 Å². The van der Waals surface area contributed by atoms with E-state index in [2.05, 4.69) is 179 Å². The number of carbonyl (C=O) groups excluding carboxylic acids is 3. The van der Waals surface area contributed by atoms with Crippen LogP contribution >= 0.6 is 0 Å². The summed E-state index contributed by atoms with van der Waals surface area (Å²) < 4.78 is 16.9. The van der Waals surface area contributed by atoms with E-state index in [0.29, 0.717) is 19.3 Å². The maximum absolute atomic E-state index is 12.9. The number of rotatable bonds is 60. The van der Waals surface area contributed by atoms with Crippen molar-refractivity contribution >= 4 is 17.9 Å². The van der Waals surface area contributed by atoms with Crippen LogP contribution in [-0.2, 0) is 28.6 Å². The minimum absolute atomic E-state index is 0.111. The summed E-state index contributed by atoms with van der Waals surface area (Å²) in [5, 5.41) is 0. The van der Waals surface area contributed by atoms with E-state index in [1.807, 2.05) is 0 Å². The van der Waals surface area contributed by atoms with E-state index in [-0.39, 0.29) is 37.5 Å². The zero-order chi connectivity index (χ0) is 59.9. The molecule has 0 aromatic rings. The lowest BCUT2D eigenvalue weighted by Crippen LogP contribution is -2.30. The Bertz CT molecular complexity index is 1840. The Balaban J connectivity index is 4.54. The average molecular weight is 1150 g/mol. The van der Waals surface area contributed by atoms with Gasteiger partial charge in [-0.2, -0.15) is 0 Å². The largest absolute Gasteiger partial charge is 0.462 e. The van der Waals surface area contributed by atoms with E-state index < -0.39 is 6.10 Å². The van der Waals surface area contributed by atoms with Crippen LogP contribution in [0, 0.1) is 0 Å². The first-order valence-corrected chi connectivity index (χ1v) is 34.0. The fraction of sp³-hybridized carbons (Fsp3) is 0.623. The molecule has 0 aliphatic carbocycles. The highest BCUT2D eigenvalue weighted by atomic mass is 16.6. The lowest BCUT2D eigenvalue weighted by atomic mass is 10.0. The van der Waals surface area contributed by atoms with Crippen LogP contribution in [0.4, 0.5) is 0 Å². The molecule has 0 fully saturated rings. The van der Waals surface area contributed by atoms with Crippen LogP contribution in [0.5, 0.6) is 0 Å². The van der Waals surface area contributed by atoms with E-state index >= 15 is 0 Å². The molecule has 0 aliphatic heterocycles. The van der Waals surface area contributed by atoms with Gasteiger partial charge in [0.1, 0.15) is 13.2 Å². The average Bonchev–Trinajstić information content (AvgIpc) is 3.50. The third kappa shape index (κ3) is 67.7. The maximum Gasteiger partial charge on any atom is 0.306 e. The van der Waals surface area contributed by atoms with Crippen molar-refractivity contribution in [2.45, 2.75) is 297 Å². The van der Waals surface area contributed by atoms with Crippen molar-refractivity contribution in [3.05, 3.63) is 158 Å². The highest BCUT2D eigenvalue weighted by molar-refractivity contribution is 5.71. The molecule has 0 spiro atoms. The number of esters is 3. The van der Waals surface area contributed by atoms with Crippen LogP contribution in [0.3, 0.4) is 0 Å². The summed E-state index contributed by atoms with van der Waals surface area (Å²) in [6.07, 6.45) is 101. The minimum Gasteiger partial charge on any atom is -0.462 e. The van der Waals surface area contributed by atoms with Gasteiger partial charge in [0.05, 0.1) is 0 Å². The molecule has 0 aromatic heterocycles. The van der Waals surface area contributed by atoms with E-state index in [4.69, 9.17) is 14.2 Å². The van der Waals surface area contributed by atoms with Gasteiger partial charge in [0, 0.05) is 19.3 Å². The molecule has 0 rings (SSSR count). The van der Waals surface area contributed by atoms with Gasteiger partial charge in [0.25, 0.3) is 0 Å². The van der Waals surface area contributed by atoms with Crippen LogP contribution in [0.2, 0.25) is 0 Å². The molecule has 0 aromatic carbocycles. The standard InChI is InChI=1S/C77H124O6/c1-4-7-10-13-16-19-22-25-28-31-34-36-37-38-39-41-43-46-49-52-55-58-61-64-67-70-76(79)82-73-74(72-81-75(78)69-66-63-60-57-54-51-48-45-42-33-30-27-24-21-18-15-12-9-6-3)83-77(80)71-68-65-62-59-56-53-50-47-44-40-35-32-29-26-23-20-17-14-11-8-5-2/h7-8,10-11,16-17,19-20,25-26,28-29,34-36,38-40,43,46-47,50,52,55-56,59,74H,4-6,9,12-15,18,21-24,27,30-33,37,41-42,44-45,48-49,51,53-54,57-58,60-73H2,1-3H3/b10-7-,11-8-,19-16-,20-17-,28-25-,29-26-,36-34-,39-38-,40-35-,46-43-,50-47-,55-52-,59-56-. The fourth-order valence-electron chi connectivity index (χ4n) is 9.01. The van der Waals surface area contributed by atoms with E-state index in [9.17, 15) is 14.4 Å². The lowest BCUT2D eigenvalue weighted by Gasteiger charge is -2.18. The van der Waals surface area contributed by atoms with Gasteiger partial charge in [-0.25, -0.2) is 0 Å². The van der Waals surface area contributed by atoms with Crippen molar-refractivity contribution in [1.82, 2.24) is 0 Å². The Kier molecular flexibility index (Phi) is 65.4. The lowest BCUT2D eigenvalue weighted by molar-refractivity contribution is -0.167. The van der Waals surface area contributed by atoms with Gasteiger partial charge in [-0.3, -0.25) is 14.4 Å². The number of unbranched alkanes of at least 4 members (excludes halogenated alkanes) is 23. The first-order chi connectivity index (χ1) is 41.0. The quantitative estimate of drug-likeness (QED) is 0.0261. The van der Waals surface area contributed by atoms with E-state index in [0.717, 1.165) is 141 Å². The zero-order valence-corrected chi connectivity index (χ0v) is 53.7. The number of allylic oxidation sites excluding steroid dienone is 26. The smallest absolute Gasteiger partial charge is 0.306 e. The summed E-state index contributed by atoms with van der Waals surface area (Å²) in [5.41, 5.74) is 0. The molecule has 0 radical (unpaired) electrons. The molecule has 0 amide bonds. The predicted molar refractivity (Wildman–Crippen MR) is 362 cm³/mol.